The third kappa shape index (κ3) is 4.19. The molecule has 172 valence electrons. The van der Waals surface area contributed by atoms with E-state index in [4.69, 9.17) is 0 Å². The number of hydrogen-bond acceptors (Lipinski definition) is 1. The molecule has 1 aromatic heterocycles. The van der Waals surface area contributed by atoms with Crippen molar-refractivity contribution in [3.8, 4) is 0 Å². The van der Waals surface area contributed by atoms with Gasteiger partial charge < -0.3 is 9.47 Å². The molecular weight excluding hydrogens is 416 g/mol. The molecule has 0 N–H and O–H groups in total. The van der Waals surface area contributed by atoms with Crippen molar-refractivity contribution in [2.75, 3.05) is 6.54 Å². The van der Waals surface area contributed by atoms with Crippen LogP contribution in [0.5, 0.6) is 0 Å². The molecule has 3 heteroatoms. The number of aromatic nitrogens is 1. The Bertz CT molecular complexity index is 1210. The maximum Gasteiger partial charge on any atom is 0.235 e. The first kappa shape index (κ1) is 22.2. The minimum Gasteiger partial charge on any atom is -0.348 e. The SMILES string of the molecule is CC(C)(C)c1ccc(C2c3cccn3CCN2C(=O)C(c2ccccc2)c2ccccc2)cc1. The number of hydrogen-bond donors (Lipinski definition) is 0. The van der Waals surface area contributed by atoms with E-state index in [2.05, 4.69) is 97.1 Å². The molecule has 1 aliphatic heterocycles. The van der Waals surface area contributed by atoms with E-state index in [1.165, 1.54) is 11.3 Å². The van der Waals surface area contributed by atoms with Crippen LogP contribution in [0.1, 0.15) is 60.7 Å². The van der Waals surface area contributed by atoms with E-state index in [0.717, 1.165) is 23.2 Å². The first-order valence-corrected chi connectivity index (χ1v) is 12.1. The second-order valence-corrected chi connectivity index (χ2v) is 10.2. The minimum absolute atomic E-state index is 0.0898. The van der Waals surface area contributed by atoms with Crippen LogP contribution in [0.4, 0.5) is 0 Å². The number of rotatable bonds is 4. The Morgan fingerprint density at radius 2 is 1.35 bits per heavy atom. The molecule has 0 aliphatic carbocycles. The largest absolute Gasteiger partial charge is 0.348 e. The van der Waals surface area contributed by atoms with Gasteiger partial charge in [0.05, 0.1) is 12.0 Å². The molecule has 0 spiro atoms. The molecule has 1 unspecified atom stereocenters. The van der Waals surface area contributed by atoms with Gasteiger partial charge in [0.15, 0.2) is 0 Å². The van der Waals surface area contributed by atoms with E-state index in [1.54, 1.807) is 0 Å². The predicted octanol–water partition coefficient (Wildman–Crippen LogP) is 6.55. The van der Waals surface area contributed by atoms with E-state index < -0.39 is 0 Å². The maximum atomic E-state index is 14.4. The summed E-state index contributed by atoms with van der Waals surface area (Å²) in [6, 6.07) is 33.3. The second kappa shape index (κ2) is 8.98. The molecule has 1 atom stereocenters. The summed E-state index contributed by atoms with van der Waals surface area (Å²) in [5.74, 6) is -0.185. The van der Waals surface area contributed by atoms with Crippen LogP contribution in [0, 0.1) is 0 Å². The molecule has 1 aliphatic rings. The van der Waals surface area contributed by atoms with Gasteiger partial charge in [-0.2, -0.15) is 0 Å². The molecule has 0 fully saturated rings. The fourth-order valence-electron chi connectivity index (χ4n) is 5.07. The Morgan fingerprint density at radius 3 is 1.91 bits per heavy atom. The highest BCUT2D eigenvalue weighted by Crippen LogP contribution is 2.37. The molecule has 2 heterocycles. The van der Waals surface area contributed by atoms with Gasteiger partial charge in [-0.15, -0.1) is 0 Å². The lowest BCUT2D eigenvalue weighted by molar-refractivity contribution is -0.134. The Hall–Kier alpha value is -3.59. The van der Waals surface area contributed by atoms with Gasteiger partial charge in [0, 0.05) is 25.0 Å². The van der Waals surface area contributed by atoms with Gasteiger partial charge in [-0.1, -0.05) is 106 Å². The molecule has 0 saturated carbocycles. The Kier molecular flexibility index (Phi) is 5.87. The Morgan fingerprint density at radius 1 is 0.765 bits per heavy atom. The molecule has 3 aromatic carbocycles. The molecule has 4 aromatic rings. The van der Waals surface area contributed by atoms with Gasteiger partial charge in [0.1, 0.15) is 0 Å². The van der Waals surface area contributed by atoms with Crippen LogP contribution in [0.25, 0.3) is 0 Å². The third-order valence-corrected chi connectivity index (χ3v) is 6.93. The zero-order valence-corrected chi connectivity index (χ0v) is 20.2. The van der Waals surface area contributed by atoms with Gasteiger partial charge in [-0.3, -0.25) is 4.79 Å². The fraction of sp³-hybridized carbons (Fsp3) is 0.258. The van der Waals surface area contributed by atoms with Crippen LogP contribution in [0.3, 0.4) is 0 Å². The van der Waals surface area contributed by atoms with Crippen molar-refractivity contribution >= 4 is 5.91 Å². The minimum atomic E-state index is -0.333. The molecule has 0 radical (unpaired) electrons. The average molecular weight is 449 g/mol. The van der Waals surface area contributed by atoms with Gasteiger partial charge >= 0.3 is 0 Å². The summed E-state index contributed by atoms with van der Waals surface area (Å²) in [5.41, 5.74) is 5.77. The molecular formula is C31H32N2O. The number of nitrogens with zero attached hydrogens (tertiary/aromatic N) is 2. The van der Waals surface area contributed by atoms with Crippen molar-refractivity contribution in [2.24, 2.45) is 0 Å². The number of benzene rings is 3. The highest BCUT2D eigenvalue weighted by molar-refractivity contribution is 5.88. The molecule has 1 amide bonds. The monoisotopic (exact) mass is 448 g/mol. The molecule has 0 saturated heterocycles. The van der Waals surface area contributed by atoms with E-state index in [1.807, 2.05) is 36.4 Å². The normalized spacial score (nSPS) is 15.9. The van der Waals surface area contributed by atoms with Crippen LogP contribution in [0.15, 0.2) is 103 Å². The van der Waals surface area contributed by atoms with Crippen LogP contribution < -0.4 is 0 Å². The molecule has 3 nitrogen and oxygen atoms in total. The second-order valence-electron chi connectivity index (χ2n) is 10.2. The van der Waals surface area contributed by atoms with Gasteiger partial charge in [0.25, 0.3) is 0 Å². The Labute approximate surface area is 202 Å². The number of carbonyl (C=O) groups excluding carboxylic acids is 1. The summed E-state index contributed by atoms with van der Waals surface area (Å²) in [7, 11) is 0. The van der Waals surface area contributed by atoms with E-state index in [9.17, 15) is 4.79 Å². The smallest absolute Gasteiger partial charge is 0.235 e. The van der Waals surface area contributed by atoms with E-state index in [-0.39, 0.29) is 23.3 Å². The first-order chi connectivity index (χ1) is 16.4. The number of fused-ring (bicyclic) bond motifs is 1. The zero-order chi connectivity index (χ0) is 23.7. The quantitative estimate of drug-likeness (QED) is 0.347. The van der Waals surface area contributed by atoms with Crippen molar-refractivity contribution in [1.29, 1.82) is 0 Å². The van der Waals surface area contributed by atoms with Crippen LogP contribution in [0.2, 0.25) is 0 Å². The first-order valence-electron chi connectivity index (χ1n) is 12.1. The molecule has 5 rings (SSSR count). The molecule has 0 bridgehead atoms. The third-order valence-electron chi connectivity index (χ3n) is 6.93. The van der Waals surface area contributed by atoms with Crippen molar-refractivity contribution < 1.29 is 4.79 Å². The summed E-state index contributed by atoms with van der Waals surface area (Å²) in [4.78, 5) is 16.4. The predicted molar refractivity (Wildman–Crippen MR) is 138 cm³/mol. The zero-order valence-electron chi connectivity index (χ0n) is 20.2. The van der Waals surface area contributed by atoms with Crippen molar-refractivity contribution in [1.82, 2.24) is 9.47 Å². The molecule has 34 heavy (non-hydrogen) atoms. The van der Waals surface area contributed by atoms with Crippen LogP contribution in [-0.4, -0.2) is 21.9 Å². The number of amides is 1. The van der Waals surface area contributed by atoms with Crippen molar-refractivity contribution in [3.05, 3.63) is 131 Å². The standard InChI is InChI=1S/C31H32N2O/c1-31(2,3)26-18-16-25(17-19-26)29-27-15-10-20-32(27)21-22-33(29)30(34)28(23-11-6-4-7-12-23)24-13-8-5-9-14-24/h4-20,28-29H,21-22H2,1-3H3. The fourth-order valence-corrected chi connectivity index (χ4v) is 5.07. The summed E-state index contributed by atoms with van der Waals surface area (Å²) in [6.07, 6.45) is 2.12. The topological polar surface area (TPSA) is 25.2 Å². The van der Waals surface area contributed by atoms with Crippen molar-refractivity contribution in [2.45, 2.75) is 44.7 Å². The lowest BCUT2D eigenvalue weighted by Gasteiger charge is -2.39. The van der Waals surface area contributed by atoms with Crippen LogP contribution >= 0.6 is 0 Å². The summed E-state index contributed by atoms with van der Waals surface area (Å²) in [5, 5.41) is 0. The lowest BCUT2D eigenvalue weighted by Crippen LogP contribution is -2.44. The van der Waals surface area contributed by atoms with Crippen molar-refractivity contribution in [3.63, 3.8) is 0 Å². The number of carbonyl (C=O) groups is 1. The summed E-state index contributed by atoms with van der Waals surface area (Å²) < 4.78 is 2.28. The lowest BCUT2D eigenvalue weighted by atomic mass is 9.85. The van der Waals surface area contributed by atoms with E-state index in [0.29, 0.717) is 6.54 Å². The summed E-state index contributed by atoms with van der Waals surface area (Å²) >= 11 is 0. The average Bonchev–Trinajstić information content (AvgIpc) is 3.33. The highest BCUT2D eigenvalue weighted by atomic mass is 16.2. The highest BCUT2D eigenvalue weighted by Gasteiger charge is 2.36. The van der Waals surface area contributed by atoms with Gasteiger partial charge in [-0.25, -0.2) is 0 Å². The maximum absolute atomic E-state index is 14.4. The van der Waals surface area contributed by atoms with Gasteiger partial charge in [0.2, 0.25) is 5.91 Å². The van der Waals surface area contributed by atoms with E-state index >= 15 is 0 Å². The van der Waals surface area contributed by atoms with Crippen LogP contribution in [-0.2, 0) is 16.8 Å². The Balaban J connectivity index is 1.58. The van der Waals surface area contributed by atoms with Gasteiger partial charge in [-0.05, 0) is 39.8 Å². The summed E-state index contributed by atoms with van der Waals surface area (Å²) in [6.45, 7) is 8.18.